The van der Waals surface area contributed by atoms with Crippen LogP contribution in [0.1, 0.15) is 69.2 Å². The molecule has 0 radical (unpaired) electrons. The van der Waals surface area contributed by atoms with E-state index in [1.165, 1.54) is 6.42 Å². The number of piperidine rings is 1. The molecule has 3 atom stereocenters. The minimum Gasteiger partial charge on any atom is -0.349 e. The van der Waals surface area contributed by atoms with Crippen molar-refractivity contribution < 1.29 is 13.2 Å². The molecule has 1 saturated carbocycles. The summed E-state index contributed by atoms with van der Waals surface area (Å²) < 4.78 is 27.3. The first-order valence-corrected chi connectivity index (χ1v) is 11.3. The molecule has 26 heavy (non-hydrogen) atoms. The zero-order valence-corrected chi connectivity index (χ0v) is 16.6. The lowest BCUT2D eigenvalue weighted by atomic mass is 9.86. The smallest absolute Gasteiger partial charge is 0.251 e. The van der Waals surface area contributed by atoms with Gasteiger partial charge in [-0.3, -0.25) is 4.79 Å². The van der Waals surface area contributed by atoms with Gasteiger partial charge in [0.25, 0.3) is 5.91 Å². The van der Waals surface area contributed by atoms with Crippen LogP contribution in [0.15, 0.2) is 29.2 Å². The van der Waals surface area contributed by atoms with E-state index in [-0.39, 0.29) is 22.9 Å². The maximum atomic E-state index is 12.9. The van der Waals surface area contributed by atoms with Crippen LogP contribution in [0.5, 0.6) is 0 Å². The highest BCUT2D eigenvalue weighted by Gasteiger charge is 2.31. The van der Waals surface area contributed by atoms with Gasteiger partial charge in [0.2, 0.25) is 10.0 Å². The molecular weight excluding hydrogens is 348 g/mol. The highest BCUT2D eigenvalue weighted by Crippen LogP contribution is 2.26. The first-order chi connectivity index (χ1) is 12.4. The van der Waals surface area contributed by atoms with Crippen LogP contribution >= 0.6 is 0 Å². The molecule has 2 fully saturated rings. The highest BCUT2D eigenvalue weighted by molar-refractivity contribution is 7.89. The Morgan fingerprint density at radius 1 is 1.00 bits per heavy atom. The van der Waals surface area contributed by atoms with Crippen molar-refractivity contribution in [1.82, 2.24) is 9.62 Å². The number of hydrogen-bond acceptors (Lipinski definition) is 3. The summed E-state index contributed by atoms with van der Waals surface area (Å²) in [6.45, 7) is 4.72. The molecule has 144 valence electrons. The maximum absolute atomic E-state index is 12.9. The summed E-state index contributed by atoms with van der Waals surface area (Å²) in [4.78, 5) is 12.8. The van der Waals surface area contributed by atoms with Crippen molar-refractivity contribution >= 4 is 15.9 Å². The van der Waals surface area contributed by atoms with E-state index in [4.69, 9.17) is 0 Å². The number of amides is 1. The normalized spacial score (nSPS) is 27.8. The quantitative estimate of drug-likeness (QED) is 0.871. The number of nitrogens with zero attached hydrogens (tertiary/aromatic N) is 1. The fourth-order valence-electron chi connectivity index (χ4n) is 4.12. The second-order valence-corrected chi connectivity index (χ2v) is 9.72. The van der Waals surface area contributed by atoms with E-state index in [1.54, 1.807) is 28.6 Å². The van der Waals surface area contributed by atoms with Gasteiger partial charge < -0.3 is 5.32 Å². The maximum Gasteiger partial charge on any atom is 0.251 e. The second kappa shape index (κ2) is 8.09. The molecule has 1 aliphatic carbocycles. The van der Waals surface area contributed by atoms with E-state index in [9.17, 15) is 13.2 Å². The molecule has 5 nitrogen and oxygen atoms in total. The molecule has 6 heteroatoms. The second-order valence-electron chi connectivity index (χ2n) is 7.83. The molecule has 0 spiro atoms. The molecule has 1 aliphatic heterocycles. The minimum absolute atomic E-state index is 0.0320. The van der Waals surface area contributed by atoms with Gasteiger partial charge in [-0.05, 0) is 62.8 Å². The molecule has 1 heterocycles. The molecule has 0 bridgehead atoms. The van der Waals surface area contributed by atoms with E-state index >= 15 is 0 Å². The lowest BCUT2D eigenvalue weighted by Gasteiger charge is -2.32. The van der Waals surface area contributed by atoms with Crippen LogP contribution < -0.4 is 5.32 Å². The Bertz CT molecular complexity index is 730. The number of sulfonamides is 1. The van der Waals surface area contributed by atoms with Crippen molar-refractivity contribution in [3.05, 3.63) is 29.8 Å². The number of carbonyl (C=O) groups excluding carboxylic acids is 1. The number of rotatable bonds is 4. The van der Waals surface area contributed by atoms with Crippen LogP contribution in [0.4, 0.5) is 0 Å². The number of nitrogens with one attached hydrogen (secondary N) is 1. The lowest BCUT2D eigenvalue weighted by molar-refractivity contribution is 0.0910. The summed E-state index contributed by atoms with van der Waals surface area (Å²) >= 11 is 0. The van der Waals surface area contributed by atoms with E-state index < -0.39 is 10.0 Å². The zero-order valence-electron chi connectivity index (χ0n) is 15.8. The largest absolute Gasteiger partial charge is 0.349 e. The molecule has 1 amide bonds. The third kappa shape index (κ3) is 4.12. The van der Waals surface area contributed by atoms with Crippen molar-refractivity contribution in [2.75, 3.05) is 6.54 Å². The fourth-order valence-corrected chi connectivity index (χ4v) is 5.82. The number of hydrogen-bond donors (Lipinski definition) is 1. The molecule has 3 rings (SSSR count). The summed E-state index contributed by atoms with van der Waals surface area (Å²) in [5.74, 6) is 0.381. The molecule has 1 saturated heterocycles. The van der Waals surface area contributed by atoms with Gasteiger partial charge in [0.15, 0.2) is 0 Å². The third-order valence-electron chi connectivity index (χ3n) is 5.89. The Kier molecular flexibility index (Phi) is 6.03. The number of benzene rings is 1. The summed E-state index contributed by atoms with van der Waals surface area (Å²) in [6, 6.07) is 6.64. The van der Waals surface area contributed by atoms with Gasteiger partial charge in [0, 0.05) is 24.2 Å². The molecule has 1 aromatic carbocycles. The van der Waals surface area contributed by atoms with Gasteiger partial charge in [0.05, 0.1) is 4.90 Å². The SMILES string of the molecule is C[C@@H]1CCCC[C@H]1NC(=O)c1ccc(S(=O)(=O)N2CCCC[C@@H]2C)cc1. The van der Waals surface area contributed by atoms with E-state index in [1.807, 2.05) is 6.92 Å². The molecular formula is C20H30N2O3S. The van der Waals surface area contributed by atoms with E-state index in [0.717, 1.165) is 38.5 Å². The Labute approximate surface area is 157 Å². The Balaban J connectivity index is 1.70. The predicted octanol–water partition coefficient (Wildman–Crippen LogP) is 3.56. The molecule has 0 unspecified atom stereocenters. The van der Waals surface area contributed by atoms with Crippen molar-refractivity contribution in [3.8, 4) is 0 Å². The Hall–Kier alpha value is -1.40. The monoisotopic (exact) mass is 378 g/mol. The Morgan fingerprint density at radius 2 is 1.65 bits per heavy atom. The summed E-state index contributed by atoms with van der Waals surface area (Å²) in [5.41, 5.74) is 0.522. The average Bonchev–Trinajstić information content (AvgIpc) is 2.64. The Morgan fingerprint density at radius 3 is 2.31 bits per heavy atom. The highest BCUT2D eigenvalue weighted by atomic mass is 32.2. The van der Waals surface area contributed by atoms with Gasteiger partial charge in [-0.2, -0.15) is 4.31 Å². The molecule has 1 aromatic rings. The molecule has 1 N–H and O–H groups in total. The molecule has 2 aliphatic rings. The van der Waals surface area contributed by atoms with Crippen molar-refractivity contribution in [2.45, 2.75) is 75.8 Å². The molecule has 0 aromatic heterocycles. The summed E-state index contributed by atoms with van der Waals surface area (Å²) in [6.07, 6.45) is 7.44. The first-order valence-electron chi connectivity index (χ1n) is 9.82. The fraction of sp³-hybridized carbons (Fsp3) is 0.650. The number of carbonyl (C=O) groups is 1. The van der Waals surface area contributed by atoms with Crippen molar-refractivity contribution in [1.29, 1.82) is 0 Å². The summed E-state index contributed by atoms with van der Waals surface area (Å²) in [7, 11) is -3.49. The van der Waals surface area contributed by atoms with Crippen molar-refractivity contribution in [2.24, 2.45) is 5.92 Å². The summed E-state index contributed by atoms with van der Waals surface area (Å²) in [5, 5.41) is 3.11. The van der Waals surface area contributed by atoms with Gasteiger partial charge in [-0.1, -0.05) is 26.2 Å². The first kappa shape index (κ1) is 19.4. The van der Waals surface area contributed by atoms with Crippen LogP contribution in [0.2, 0.25) is 0 Å². The third-order valence-corrected chi connectivity index (χ3v) is 7.92. The van der Waals surface area contributed by atoms with Gasteiger partial charge in [0.1, 0.15) is 0 Å². The zero-order chi connectivity index (χ0) is 18.7. The predicted molar refractivity (Wildman–Crippen MR) is 103 cm³/mol. The van der Waals surface area contributed by atoms with Crippen LogP contribution in [0.25, 0.3) is 0 Å². The van der Waals surface area contributed by atoms with Crippen LogP contribution in [0.3, 0.4) is 0 Å². The van der Waals surface area contributed by atoms with Gasteiger partial charge in [-0.15, -0.1) is 0 Å². The van der Waals surface area contributed by atoms with Crippen molar-refractivity contribution in [3.63, 3.8) is 0 Å². The van der Waals surface area contributed by atoms with Crippen LogP contribution in [0, 0.1) is 5.92 Å². The minimum atomic E-state index is -3.49. The van der Waals surface area contributed by atoms with Crippen LogP contribution in [-0.4, -0.2) is 37.3 Å². The average molecular weight is 379 g/mol. The van der Waals surface area contributed by atoms with E-state index in [2.05, 4.69) is 12.2 Å². The topological polar surface area (TPSA) is 66.5 Å². The van der Waals surface area contributed by atoms with Gasteiger partial charge in [-0.25, -0.2) is 8.42 Å². The van der Waals surface area contributed by atoms with E-state index in [0.29, 0.717) is 18.0 Å². The van der Waals surface area contributed by atoms with Gasteiger partial charge >= 0.3 is 0 Å². The van der Waals surface area contributed by atoms with Crippen LogP contribution in [-0.2, 0) is 10.0 Å². The standard InChI is InChI=1S/C20H30N2O3S/c1-15-7-3-4-9-19(15)21-20(23)17-10-12-18(13-11-17)26(24,25)22-14-6-5-8-16(22)2/h10-13,15-16,19H,3-9,14H2,1-2H3,(H,21,23)/t15-,16+,19-/m1/s1. The lowest BCUT2D eigenvalue weighted by Crippen LogP contribution is -2.42.